The molecule has 0 amide bonds. The van der Waals surface area contributed by atoms with Crippen LogP contribution in [0.4, 0.5) is 18.9 Å². The van der Waals surface area contributed by atoms with Crippen molar-refractivity contribution in [2.75, 3.05) is 4.72 Å². The summed E-state index contributed by atoms with van der Waals surface area (Å²) in [4.78, 5) is 11.2. The Morgan fingerprint density at radius 1 is 1.00 bits per heavy atom. The molecule has 1 aromatic heterocycles. The lowest BCUT2D eigenvalue weighted by molar-refractivity contribution is -0.141. The summed E-state index contributed by atoms with van der Waals surface area (Å²) >= 11 is 0. The van der Waals surface area contributed by atoms with Crippen LogP contribution in [0.15, 0.2) is 65.7 Å². The third-order valence-corrected chi connectivity index (χ3v) is 5.23. The summed E-state index contributed by atoms with van der Waals surface area (Å²) in [5.74, 6) is -0.181. The van der Waals surface area contributed by atoms with Crippen molar-refractivity contribution in [2.45, 2.75) is 18.0 Å². The van der Waals surface area contributed by atoms with Crippen LogP contribution in [0.1, 0.15) is 23.0 Å². The first-order valence-electron chi connectivity index (χ1n) is 7.93. The van der Waals surface area contributed by atoms with Gasteiger partial charge in [0.2, 0.25) is 0 Å². The third kappa shape index (κ3) is 4.22. The highest BCUT2D eigenvalue weighted by molar-refractivity contribution is 7.92. The molecule has 3 rings (SSSR count). The van der Waals surface area contributed by atoms with E-state index in [0.717, 1.165) is 10.7 Å². The van der Waals surface area contributed by atoms with Gasteiger partial charge in [-0.25, -0.2) is 13.1 Å². The SMILES string of the molecule is CC(=O)c1ccc(S(=O)(=O)Nc2ccc(-n3ccc(C(F)(F)F)n3)cc2)cc1. The number of benzene rings is 2. The maximum Gasteiger partial charge on any atom is 0.435 e. The van der Waals surface area contributed by atoms with E-state index in [2.05, 4.69) is 9.82 Å². The standard InChI is InChI=1S/C18H14F3N3O3S/c1-12(25)13-2-8-16(9-3-13)28(26,27)23-14-4-6-15(7-5-14)24-11-10-17(22-24)18(19,20)21/h2-11,23H,1H3. The molecule has 3 aromatic rings. The predicted molar refractivity (Wildman–Crippen MR) is 95.8 cm³/mol. The minimum absolute atomic E-state index is 0.0246. The second-order valence-corrected chi connectivity index (χ2v) is 7.56. The zero-order chi connectivity index (χ0) is 20.5. The molecular formula is C18H14F3N3O3S. The second-order valence-electron chi connectivity index (χ2n) is 5.88. The zero-order valence-electron chi connectivity index (χ0n) is 14.4. The Labute approximate surface area is 158 Å². The van der Waals surface area contributed by atoms with Crippen molar-refractivity contribution in [3.63, 3.8) is 0 Å². The van der Waals surface area contributed by atoms with Gasteiger partial charge < -0.3 is 0 Å². The number of anilines is 1. The first-order valence-corrected chi connectivity index (χ1v) is 9.42. The summed E-state index contributed by atoms with van der Waals surface area (Å²) in [5.41, 5.74) is -0.0705. The molecule has 1 N–H and O–H groups in total. The Kier molecular flexibility index (Phi) is 4.99. The molecule has 0 saturated carbocycles. The van der Waals surface area contributed by atoms with E-state index in [1.54, 1.807) is 0 Å². The summed E-state index contributed by atoms with van der Waals surface area (Å²) in [7, 11) is -3.88. The van der Waals surface area contributed by atoms with E-state index in [0.29, 0.717) is 11.3 Å². The molecule has 0 spiro atoms. The number of Topliss-reactive ketones (excluding diaryl/α,β-unsaturated/α-hetero) is 1. The maximum atomic E-state index is 12.6. The van der Waals surface area contributed by atoms with Gasteiger partial charge in [0.1, 0.15) is 0 Å². The van der Waals surface area contributed by atoms with E-state index in [1.807, 2.05) is 0 Å². The number of nitrogens with one attached hydrogen (secondary N) is 1. The number of hydrogen-bond acceptors (Lipinski definition) is 4. The maximum absolute atomic E-state index is 12.6. The van der Waals surface area contributed by atoms with Crippen molar-refractivity contribution in [2.24, 2.45) is 0 Å². The predicted octanol–water partition coefficient (Wildman–Crippen LogP) is 3.89. The quantitative estimate of drug-likeness (QED) is 0.648. The molecule has 0 saturated heterocycles. The number of ketones is 1. The second kappa shape index (κ2) is 7.12. The average Bonchev–Trinajstić information content (AvgIpc) is 3.13. The fraction of sp³-hybridized carbons (Fsp3) is 0.111. The molecule has 0 radical (unpaired) electrons. The highest BCUT2D eigenvalue weighted by Gasteiger charge is 2.33. The van der Waals surface area contributed by atoms with Crippen LogP contribution in [-0.4, -0.2) is 24.0 Å². The van der Waals surface area contributed by atoms with E-state index in [4.69, 9.17) is 0 Å². The van der Waals surface area contributed by atoms with E-state index in [-0.39, 0.29) is 16.4 Å². The number of hydrogen-bond donors (Lipinski definition) is 1. The monoisotopic (exact) mass is 409 g/mol. The highest BCUT2D eigenvalue weighted by Crippen LogP contribution is 2.28. The summed E-state index contributed by atoms with van der Waals surface area (Å²) in [6.45, 7) is 1.38. The van der Waals surface area contributed by atoms with Crippen molar-refractivity contribution in [3.05, 3.63) is 72.1 Å². The number of carbonyl (C=O) groups is 1. The lowest BCUT2D eigenvalue weighted by Gasteiger charge is -2.09. The number of sulfonamides is 1. The smallest absolute Gasteiger partial charge is 0.295 e. The van der Waals surface area contributed by atoms with Gasteiger partial charge in [0.25, 0.3) is 10.0 Å². The molecule has 0 aliphatic heterocycles. The van der Waals surface area contributed by atoms with Crippen LogP contribution in [0.5, 0.6) is 0 Å². The zero-order valence-corrected chi connectivity index (χ0v) is 15.3. The van der Waals surface area contributed by atoms with Gasteiger partial charge >= 0.3 is 6.18 Å². The number of aromatic nitrogens is 2. The van der Waals surface area contributed by atoms with Gasteiger partial charge in [-0.3, -0.25) is 9.52 Å². The Bertz CT molecular complexity index is 1100. The molecule has 0 fully saturated rings. The molecule has 0 aliphatic carbocycles. The van der Waals surface area contributed by atoms with Gasteiger partial charge in [-0.1, -0.05) is 12.1 Å². The van der Waals surface area contributed by atoms with Crippen molar-refractivity contribution >= 4 is 21.5 Å². The minimum atomic E-state index is -4.54. The Morgan fingerprint density at radius 3 is 2.11 bits per heavy atom. The molecule has 28 heavy (non-hydrogen) atoms. The van der Waals surface area contributed by atoms with Crippen molar-refractivity contribution in [1.82, 2.24) is 9.78 Å². The molecule has 0 atom stereocenters. The molecule has 2 aromatic carbocycles. The Balaban J connectivity index is 1.78. The first-order chi connectivity index (χ1) is 13.1. The van der Waals surface area contributed by atoms with Gasteiger partial charge in [0.05, 0.1) is 10.6 Å². The van der Waals surface area contributed by atoms with Gasteiger partial charge in [-0.15, -0.1) is 0 Å². The van der Waals surface area contributed by atoms with Crippen molar-refractivity contribution in [3.8, 4) is 5.69 Å². The number of alkyl halides is 3. The molecule has 0 aliphatic rings. The lowest BCUT2D eigenvalue weighted by atomic mass is 10.2. The third-order valence-electron chi connectivity index (χ3n) is 3.83. The molecule has 0 unspecified atom stereocenters. The van der Waals surface area contributed by atoms with Crippen LogP contribution in [0.25, 0.3) is 5.69 Å². The molecular weight excluding hydrogens is 395 g/mol. The van der Waals surface area contributed by atoms with Crippen molar-refractivity contribution < 1.29 is 26.4 Å². The number of rotatable bonds is 5. The van der Waals surface area contributed by atoms with Crippen molar-refractivity contribution in [1.29, 1.82) is 0 Å². The Morgan fingerprint density at radius 2 is 1.61 bits per heavy atom. The van der Waals surface area contributed by atoms with Crippen LogP contribution >= 0.6 is 0 Å². The van der Waals surface area contributed by atoms with Crippen LogP contribution in [0, 0.1) is 0 Å². The summed E-state index contributed by atoms with van der Waals surface area (Å²) < 4.78 is 66.1. The fourth-order valence-electron chi connectivity index (χ4n) is 2.38. The van der Waals surface area contributed by atoms with Gasteiger partial charge in [0, 0.05) is 17.4 Å². The number of halogens is 3. The van der Waals surface area contributed by atoms with E-state index >= 15 is 0 Å². The topological polar surface area (TPSA) is 81.1 Å². The molecule has 0 bridgehead atoms. The molecule has 146 valence electrons. The Hall–Kier alpha value is -3.14. The average molecular weight is 409 g/mol. The van der Waals surface area contributed by atoms with E-state index in [9.17, 15) is 26.4 Å². The number of nitrogens with zero attached hydrogens (tertiary/aromatic N) is 2. The number of carbonyl (C=O) groups excluding carboxylic acids is 1. The van der Waals surface area contributed by atoms with Crippen LogP contribution in [-0.2, 0) is 16.2 Å². The molecule has 6 nitrogen and oxygen atoms in total. The van der Waals surface area contributed by atoms with E-state index < -0.39 is 21.9 Å². The van der Waals surface area contributed by atoms with E-state index in [1.165, 1.54) is 61.7 Å². The lowest BCUT2D eigenvalue weighted by Crippen LogP contribution is -2.13. The van der Waals surface area contributed by atoms with Gasteiger partial charge in [-0.2, -0.15) is 18.3 Å². The summed E-state index contributed by atoms with van der Waals surface area (Å²) in [5, 5.41) is 3.45. The molecule has 10 heteroatoms. The molecule has 1 heterocycles. The highest BCUT2D eigenvalue weighted by atomic mass is 32.2. The largest absolute Gasteiger partial charge is 0.435 e. The fourth-order valence-corrected chi connectivity index (χ4v) is 3.44. The first kappa shape index (κ1) is 19.6. The van der Waals surface area contributed by atoms with Gasteiger partial charge in [0.15, 0.2) is 11.5 Å². The minimum Gasteiger partial charge on any atom is -0.295 e. The summed E-state index contributed by atoms with van der Waals surface area (Å²) in [6.07, 6.45) is -3.38. The normalized spacial score (nSPS) is 12.0. The van der Waals surface area contributed by atoms with Crippen LogP contribution < -0.4 is 4.72 Å². The van der Waals surface area contributed by atoms with Crippen LogP contribution in [0.3, 0.4) is 0 Å². The summed E-state index contributed by atoms with van der Waals surface area (Å²) in [6, 6.07) is 12.0. The van der Waals surface area contributed by atoms with Gasteiger partial charge in [-0.05, 0) is 49.4 Å². The van der Waals surface area contributed by atoms with Crippen LogP contribution in [0.2, 0.25) is 0 Å².